The van der Waals surface area contributed by atoms with Crippen LogP contribution in [0.1, 0.15) is 13.8 Å². The molecule has 1 aromatic carbocycles. The summed E-state index contributed by atoms with van der Waals surface area (Å²) in [6.45, 7) is 4.38. The SMILES string of the molecule is CC1Nc2cccc(Cl)c2N(C)C1C. The minimum Gasteiger partial charge on any atom is -0.379 e. The first-order chi connectivity index (χ1) is 6.61. The van der Waals surface area contributed by atoms with Gasteiger partial charge in [0.05, 0.1) is 16.4 Å². The summed E-state index contributed by atoms with van der Waals surface area (Å²) < 4.78 is 0. The fraction of sp³-hybridized carbons (Fsp3) is 0.455. The lowest BCUT2D eigenvalue weighted by molar-refractivity contribution is 0.587. The zero-order chi connectivity index (χ0) is 10.3. The van der Waals surface area contributed by atoms with Crippen molar-refractivity contribution < 1.29 is 0 Å². The van der Waals surface area contributed by atoms with E-state index < -0.39 is 0 Å². The predicted molar refractivity (Wildman–Crippen MR) is 62.4 cm³/mol. The number of likely N-dealkylation sites (N-methyl/N-ethyl adjacent to an activating group) is 1. The highest BCUT2D eigenvalue weighted by molar-refractivity contribution is 6.34. The lowest BCUT2D eigenvalue weighted by Crippen LogP contribution is -2.45. The largest absolute Gasteiger partial charge is 0.379 e. The molecule has 0 saturated carbocycles. The maximum Gasteiger partial charge on any atom is 0.0791 e. The minimum atomic E-state index is 0.450. The van der Waals surface area contributed by atoms with Gasteiger partial charge in [-0.2, -0.15) is 0 Å². The van der Waals surface area contributed by atoms with E-state index >= 15 is 0 Å². The average Bonchev–Trinajstić information content (AvgIpc) is 2.14. The fourth-order valence-corrected chi connectivity index (χ4v) is 2.20. The molecule has 1 aliphatic rings. The molecule has 76 valence electrons. The summed E-state index contributed by atoms with van der Waals surface area (Å²) in [6.07, 6.45) is 0. The van der Waals surface area contributed by atoms with E-state index in [0.717, 1.165) is 16.4 Å². The monoisotopic (exact) mass is 210 g/mol. The van der Waals surface area contributed by atoms with Gasteiger partial charge < -0.3 is 10.2 Å². The second kappa shape index (κ2) is 3.35. The molecule has 2 atom stereocenters. The maximum absolute atomic E-state index is 6.17. The Kier molecular flexibility index (Phi) is 2.31. The second-order valence-electron chi connectivity index (χ2n) is 3.92. The summed E-state index contributed by atoms with van der Waals surface area (Å²) in [5, 5.41) is 4.27. The number of nitrogens with zero attached hydrogens (tertiary/aromatic N) is 1. The molecule has 0 aromatic heterocycles. The van der Waals surface area contributed by atoms with Crippen LogP contribution >= 0.6 is 11.6 Å². The second-order valence-corrected chi connectivity index (χ2v) is 4.33. The zero-order valence-electron chi connectivity index (χ0n) is 8.71. The van der Waals surface area contributed by atoms with Gasteiger partial charge in [-0.15, -0.1) is 0 Å². The van der Waals surface area contributed by atoms with Crippen LogP contribution in [0.4, 0.5) is 11.4 Å². The number of rotatable bonds is 0. The molecule has 2 rings (SSSR count). The van der Waals surface area contributed by atoms with Gasteiger partial charge in [0.15, 0.2) is 0 Å². The molecule has 1 aliphatic heterocycles. The van der Waals surface area contributed by atoms with Crippen molar-refractivity contribution in [3.63, 3.8) is 0 Å². The number of benzene rings is 1. The lowest BCUT2D eigenvalue weighted by atomic mass is 10.0. The van der Waals surface area contributed by atoms with E-state index in [0.29, 0.717) is 12.1 Å². The summed E-state index contributed by atoms with van der Waals surface area (Å²) >= 11 is 6.17. The van der Waals surface area contributed by atoms with E-state index in [1.165, 1.54) is 0 Å². The fourth-order valence-electron chi connectivity index (χ4n) is 1.90. The lowest BCUT2D eigenvalue weighted by Gasteiger charge is -2.39. The van der Waals surface area contributed by atoms with Gasteiger partial charge in [0, 0.05) is 19.1 Å². The number of anilines is 2. The van der Waals surface area contributed by atoms with Crippen LogP contribution in [-0.2, 0) is 0 Å². The van der Waals surface area contributed by atoms with Gasteiger partial charge >= 0.3 is 0 Å². The van der Waals surface area contributed by atoms with Crippen molar-refractivity contribution in [1.82, 2.24) is 0 Å². The number of hydrogen-bond donors (Lipinski definition) is 1. The molecule has 0 amide bonds. The highest BCUT2D eigenvalue weighted by atomic mass is 35.5. The van der Waals surface area contributed by atoms with E-state index in [4.69, 9.17) is 11.6 Å². The van der Waals surface area contributed by atoms with E-state index in [-0.39, 0.29) is 0 Å². The first kappa shape index (κ1) is 9.66. The Morgan fingerprint density at radius 3 is 2.79 bits per heavy atom. The molecule has 2 unspecified atom stereocenters. The Balaban J connectivity index is 2.51. The predicted octanol–water partition coefficient (Wildman–Crippen LogP) is 2.98. The molecule has 2 nitrogen and oxygen atoms in total. The minimum absolute atomic E-state index is 0.450. The van der Waals surface area contributed by atoms with E-state index in [1.807, 2.05) is 12.1 Å². The van der Waals surface area contributed by atoms with E-state index in [1.54, 1.807) is 0 Å². The molecule has 0 spiro atoms. The molecule has 1 N–H and O–H groups in total. The number of halogens is 1. The van der Waals surface area contributed by atoms with Crippen LogP contribution in [0.5, 0.6) is 0 Å². The third kappa shape index (κ3) is 1.34. The van der Waals surface area contributed by atoms with Gasteiger partial charge in [-0.3, -0.25) is 0 Å². The van der Waals surface area contributed by atoms with Crippen molar-refractivity contribution in [3.8, 4) is 0 Å². The number of para-hydroxylation sites is 1. The topological polar surface area (TPSA) is 15.3 Å². The van der Waals surface area contributed by atoms with Crippen LogP contribution in [0.3, 0.4) is 0 Å². The summed E-state index contributed by atoms with van der Waals surface area (Å²) in [5.41, 5.74) is 2.24. The molecule has 0 bridgehead atoms. The van der Waals surface area contributed by atoms with Crippen LogP contribution in [0, 0.1) is 0 Å². The van der Waals surface area contributed by atoms with Crippen molar-refractivity contribution in [2.24, 2.45) is 0 Å². The maximum atomic E-state index is 6.17. The molecule has 0 aliphatic carbocycles. The van der Waals surface area contributed by atoms with Gasteiger partial charge in [0.25, 0.3) is 0 Å². The van der Waals surface area contributed by atoms with Crippen molar-refractivity contribution in [1.29, 1.82) is 0 Å². The Morgan fingerprint density at radius 2 is 2.07 bits per heavy atom. The molecular weight excluding hydrogens is 196 g/mol. The Labute approximate surface area is 89.9 Å². The molecule has 1 aromatic rings. The first-order valence-corrected chi connectivity index (χ1v) is 5.27. The third-order valence-electron chi connectivity index (χ3n) is 3.06. The van der Waals surface area contributed by atoms with E-state index in [2.05, 4.69) is 37.2 Å². The van der Waals surface area contributed by atoms with Crippen LogP contribution in [0.15, 0.2) is 18.2 Å². The summed E-state index contributed by atoms with van der Waals surface area (Å²) in [7, 11) is 2.09. The Morgan fingerprint density at radius 1 is 1.36 bits per heavy atom. The number of hydrogen-bond acceptors (Lipinski definition) is 2. The van der Waals surface area contributed by atoms with Crippen molar-refractivity contribution in [2.45, 2.75) is 25.9 Å². The molecular formula is C11H15ClN2. The van der Waals surface area contributed by atoms with Crippen molar-refractivity contribution in [3.05, 3.63) is 23.2 Å². The van der Waals surface area contributed by atoms with Gasteiger partial charge in [-0.05, 0) is 26.0 Å². The van der Waals surface area contributed by atoms with Crippen LogP contribution in [-0.4, -0.2) is 19.1 Å². The van der Waals surface area contributed by atoms with Crippen molar-refractivity contribution >= 4 is 23.0 Å². The van der Waals surface area contributed by atoms with Gasteiger partial charge in [0.1, 0.15) is 0 Å². The molecule has 14 heavy (non-hydrogen) atoms. The Hall–Kier alpha value is -0.890. The Bertz CT molecular complexity index is 351. The zero-order valence-corrected chi connectivity index (χ0v) is 9.47. The standard InChI is InChI=1S/C11H15ClN2/c1-7-8(2)14(3)11-9(12)5-4-6-10(11)13-7/h4-8,13H,1-3H3. The normalized spacial score (nSPS) is 25.6. The highest BCUT2D eigenvalue weighted by Gasteiger charge is 2.26. The van der Waals surface area contributed by atoms with Gasteiger partial charge in [-0.25, -0.2) is 0 Å². The quantitative estimate of drug-likeness (QED) is 0.708. The van der Waals surface area contributed by atoms with E-state index in [9.17, 15) is 0 Å². The molecule has 0 radical (unpaired) electrons. The average molecular weight is 211 g/mol. The van der Waals surface area contributed by atoms with Gasteiger partial charge in [-0.1, -0.05) is 17.7 Å². The summed E-state index contributed by atoms with van der Waals surface area (Å²) in [5.74, 6) is 0. The summed E-state index contributed by atoms with van der Waals surface area (Å²) in [4.78, 5) is 2.23. The molecule has 3 heteroatoms. The smallest absolute Gasteiger partial charge is 0.0791 e. The molecule has 0 fully saturated rings. The van der Waals surface area contributed by atoms with Crippen LogP contribution in [0.2, 0.25) is 5.02 Å². The molecule has 1 heterocycles. The van der Waals surface area contributed by atoms with Crippen LogP contribution in [0.25, 0.3) is 0 Å². The van der Waals surface area contributed by atoms with Crippen molar-refractivity contribution in [2.75, 3.05) is 17.3 Å². The third-order valence-corrected chi connectivity index (χ3v) is 3.36. The number of nitrogens with one attached hydrogen (secondary N) is 1. The van der Waals surface area contributed by atoms with Crippen LogP contribution < -0.4 is 10.2 Å². The number of fused-ring (bicyclic) bond motifs is 1. The summed E-state index contributed by atoms with van der Waals surface area (Å²) in [6, 6.07) is 6.89. The highest BCUT2D eigenvalue weighted by Crippen LogP contribution is 2.38. The molecule has 0 saturated heterocycles. The first-order valence-electron chi connectivity index (χ1n) is 4.89. The van der Waals surface area contributed by atoms with Gasteiger partial charge in [0.2, 0.25) is 0 Å².